The summed E-state index contributed by atoms with van der Waals surface area (Å²) in [6.45, 7) is 15.4. The number of hydrogen-bond donors (Lipinski definition) is 1. The van der Waals surface area contributed by atoms with E-state index in [1.165, 1.54) is 123 Å². The maximum absolute atomic E-state index is 3.88. The Morgan fingerprint density at radius 2 is 1.52 bits per heavy atom. The molecule has 0 radical (unpaired) electrons. The summed E-state index contributed by atoms with van der Waals surface area (Å²) in [6.07, 6.45) is 20.2. The van der Waals surface area contributed by atoms with E-state index in [9.17, 15) is 0 Å². The largest absolute Gasteiger partial charge is 0.316 e. The molecule has 0 aromatic heterocycles. The predicted octanol–water partition coefficient (Wildman–Crippen LogP) is 7.67. The van der Waals surface area contributed by atoms with Crippen molar-refractivity contribution < 1.29 is 0 Å². The third kappa shape index (κ3) is 15.0. The lowest BCUT2D eigenvalue weighted by Gasteiger charge is -2.32. The van der Waals surface area contributed by atoms with Gasteiger partial charge in [0, 0.05) is 18.9 Å². The smallest absolute Gasteiger partial charge is 0.0217 e. The van der Waals surface area contributed by atoms with E-state index < -0.39 is 0 Å². The SMILES string of the molecule is CCCCCCC(CCCCC)CNCC1CCN(CCC#CC(CC)CCC)CC1. The zero-order valence-electron chi connectivity index (χ0n) is 21.8. The van der Waals surface area contributed by atoms with Crippen LogP contribution in [-0.2, 0) is 0 Å². The van der Waals surface area contributed by atoms with Crippen LogP contribution in [-0.4, -0.2) is 37.6 Å². The Morgan fingerprint density at radius 3 is 2.16 bits per heavy atom. The van der Waals surface area contributed by atoms with Gasteiger partial charge in [0.15, 0.2) is 0 Å². The molecule has 31 heavy (non-hydrogen) atoms. The first-order valence-corrected chi connectivity index (χ1v) is 14.1. The van der Waals surface area contributed by atoms with Gasteiger partial charge < -0.3 is 10.2 Å². The monoisotopic (exact) mass is 432 g/mol. The van der Waals surface area contributed by atoms with Gasteiger partial charge in [-0.05, 0) is 76.5 Å². The third-order valence-electron chi connectivity index (χ3n) is 7.24. The number of piperidine rings is 1. The number of nitrogens with zero attached hydrogens (tertiary/aromatic N) is 1. The Labute approximate surface area is 196 Å². The molecule has 2 heteroatoms. The summed E-state index contributed by atoms with van der Waals surface area (Å²) in [5, 5.41) is 3.88. The Kier molecular flexibility index (Phi) is 18.5. The van der Waals surface area contributed by atoms with Gasteiger partial charge in [-0.2, -0.15) is 0 Å². The molecular weight excluding hydrogens is 376 g/mol. The number of hydrogen-bond acceptors (Lipinski definition) is 2. The van der Waals surface area contributed by atoms with Crippen LogP contribution < -0.4 is 5.32 Å². The Balaban J connectivity index is 2.18. The second kappa shape index (κ2) is 20.1. The van der Waals surface area contributed by atoms with Crippen molar-refractivity contribution in [3.05, 3.63) is 0 Å². The summed E-state index contributed by atoms with van der Waals surface area (Å²) in [5.74, 6) is 9.39. The highest BCUT2D eigenvalue weighted by Gasteiger charge is 2.19. The molecule has 0 amide bonds. The lowest BCUT2D eigenvalue weighted by Crippen LogP contribution is -2.38. The predicted molar refractivity (Wildman–Crippen MR) is 140 cm³/mol. The fourth-order valence-corrected chi connectivity index (χ4v) is 4.95. The van der Waals surface area contributed by atoms with E-state index in [0.717, 1.165) is 18.3 Å². The molecule has 0 aromatic carbocycles. The number of nitrogens with one attached hydrogen (secondary N) is 1. The summed E-state index contributed by atoms with van der Waals surface area (Å²) in [4.78, 5) is 2.65. The summed E-state index contributed by atoms with van der Waals surface area (Å²) in [6, 6.07) is 0. The van der Waals surface area contributed by atoms with Crippen molar-refractivity contribution in [2.75, 3.05) is 32.7 Å². The summed E-state index contributed by atoms with van der Waals surface area (Å²) in [5.41, 5.74) is 0. The molecule has 0 spiro atoms. The van der Waals surface area contributed by atoms with Gasteiger partial charge in [0.05, 0.1) is 0 Å². The van der Waals surface area contributed by atoms with Gasteiger partial charge in [-0.15, -0.1) is 5.92 Å². The minimum atomic E-state index is 0.624. The lowest BCUT2D eigenvalue weighted by atomic mass is 9.93. The van der Waals surface area contributed by atoms with E-state index in [1.807, 2.05) is 0 Å². The molecule has 1 N–H and O–H groups in total. The van der Waals surface area contributed by atoms with Crippen LogP contribution in [0.2, 0.25) is 0 Å². The molecule has 1 rings (SSSR count). The molecule has 1 heterocycles. The van der Waals surface area contributed by atoms with Crippen molar-refractivity contribution in [1.29, 1.82) is 0 Å². The van der Waals surface area contributed by atoms with Crippen LogP contribution in [0, 0.1) is 29.6 Å². The van der Waals surface area contributed by atoms with E-state index in [-0.39, 0.29) is 0 Å². The standard InChI is InChI=1S/C29H56N2/c1-5-9-11-13-19-28(18-12-10-6-2)25-30-26-29-20-23-31(24-21-29)22-15-14-17-27(8-4)16-7-3/h27-30H,5-13,15-16,18-26H2,1-4H3. The van der Waals surface area contributed by atoms with Gasteiger partial charge in [0.2, 0.25) is 0 Å². The second-order valence-corrected chi connectivity index (χ2v) is 10.1. The topological polar surface area (TPSA) is 15.3 Å². The second-order valence-electron chi connectivity index (χ2n) is 10.1. The van der Waals surface area contributed by atoms with E-state index in [4.69, 9.17) is 0 Å². The summed E-state index contributed by atoms with van der Waals surface area (Å²) in [7, 11) is 0. The average Bonchev–Trinajstić information content (AvgIpc) is 2.79. The van der Waals surface area contributed by atoms with Gasteiger partial charge in [-0.3, -0.25) is 0 Å². The highest BCUT2D eigenvalue weighted by molar-refractivity contribution is 5.03. The zero-order valence-corrected chi connectivity index (χ0v) is 21.8. The first-order valence-electron chi connectivity index (χ1n) is 14.1. The van der Waals surface area contributed by atoms with Crippen molar-refractivity contribution in [2.45, 2.75) is 124 Å². The first-order chi connectivity index (χ1) is 15.2. The van der Waals surface area contributed by atoms with E-state index in [1.54, 1.807) is 0 Å². The fraction of sp³-hybridized carbons (Fsp3) is 0.931. The Morgan fingerprint density at radius 1 is 0.839 bits per heavy atom. The number of rotatable bonds is 18. The molecule has 182 valence electrons. The van der Waals surface area contributed by atoms with E-state index in [2.05, 4.69) is 49.8 Å². The van der Waals surface area contributed by atoms with Gasteiger partial charge in [-0.1, -0.05) is 85.0 Å². The minimum absolute atomic E-state index is 0.624. The number of likely N-dealkylation sites (tertiary alicyclic amines) is 1. The molecule has 1 saturated heterocycles. The normalized spacial score (nSPS) is 17.3. The molecule has 1 fully saturated rings. The molecule has 0 bridgehead atoms. The highest BCUT2D eigenvalue weighted by Crippen LogP contribution is 2.19. The minimum Gasteiger partial charge on any atom is -0.316 e. The van der Waals surface area contributed by atoms with Gasteiger partial charge in [-0.25, -0.2) is 0 Å². The van der Waals surface area contributed by atoms with Crippen LogP contribution in [0.1, 0.15) is 124 Å². The van der Waals surface area contributed by atoms with Crippen LogP contribution >= 0.6 is 0 Å². The first kappa shape index (κ1) is 28.5. The van der Waals surface area contributed by atoms with Crippen molar-refractivity contribution in [3.8, 4) is 11.8 Å². The third-order valence-corrected chi connectivity index (χ3v) is 7.24. The highest BCUT2D eigenvalue weighted by atomic mass is 15.1. The van der Waals surface area contributed by atoms with Crippen LogP contribution in [0.25, 0.3) is 0 Å². The Hall–Kier alpha value is -0.520. The molecule has 0 aromatic rings. The zero-order chi connectivity index (χ0) is 22.6. The average molecular weight is 433 g/mol. The Bertz CT molecular complexity index is 441. The van der Waals surface area contributed by atoms with Crippen LogP contribution in [0.4, 0.5) is 0 Å². The van der Waals surface area contributed by atoms with Crippen LogP contribution in [0.5, 0.6) is 0 Å². The summed E-state index contributed by atoms with van der Waals surface area (Å²) >= 11 is 0. The van der Waals surface area contributed by atoms with Crippen LogP contribution in [0.3, 0.4) is 0 Å². The van der Waals surface area contributed by atoms with E-state index in [0.29, 0.717) is 5.92 Å². The molecule has 0 saturated carbocycles. The van der Waals surface area contributed by atoms with Gasteiger partial charge in [0.1, 0.15) is 0 Å². The maximum atomic E-state index is 3.88. The van der Waals surface area contributed by atoms with Crippen molar-refractivity contribution in [2.24, 2.45) is 17.8 Å². The van der Waals surface area contributed by atoms with Crippen molar-refractivity contribution in [1.82, 2.24) is 10.2 Å². The lowest BCUT2D eigenvalue weighted by molar-refractivity contribution is 0.184. The molecule has 1 aliphatic heterocycles. The molecule has 0 aliphatic carbocycles. The maximum Gasteiger partial charge on any atom is 0.0217 e. The van der Waals surface area contributed by atoms with Crippen molar-refractivity contribution in [3.63, 3.8) is 0 Å². The van der Waals surface area contributed by atoms with E-state index >= 15 is 0 Å². The molecular formula is C29H56N2. The van der Waals surface area contributed by atoms with Gasteiger partial charge >= 0.3 is 0 Å². The fourth-order valence-electron chi connectivity index (χ4n) is 4.95. The quantitative estimate of drug-likeness (QED) is 0.176. The molecule has 2 nitrogen and oxygen atoms in total. The number of unbranched alkanes of at least 4 members (excludes halogenated alkanes) is 5. The molecule has 1 aliphatic rings. The van der Waals surface area contributed by atoms with Crippen LogP contribution in [0.15, 0.2) is 0 Å². The summed E-state index contributed by atoms with van der Waals surface area (Å²) < 4.78 is 0. The van der Waals surface area contributed by atoms with Crippen molar-refractivity contribution >= 4 is 0 Å². The molecule has 2 atom stereocenters. The van der Waals surface area contributed by atoms with Gasteiger partial charge in [0.25, 0.3) is 0 Å². The molecule has 2 unspecified atom stereocenters.